The van der Waals surface area contributed by atoms with Gasteiger partial charge in [0.1, 0.15) is 6.26 Å². The number of aromatic nitrogens is 2. The maximum absolute atomic E-state index is 11.7. The molecule has 0 spiro atoms. The summed E-state index contributed by atoms with van der Waals surface area (Å²) in [7, 11) is 0. The average molecular weight is 290 g/mol. The molecular formula is C14H12ClN3O2. The van der Waals surface area contributed by atoms with Gasteiger partial charge >= 0.3 is 0 Å². The lowest BCUT2D eigenvalue weighted by Gasteiger charge is -2.02. The lowest BCUT2D eigenvalue weighted by molar-refractivity contribution is 0.0945. The maximum atomic E-state index is 11.7. The zero-order valence-corrected chi connectivity index (χ0v) is 11.3. The summed E-state index contributed by atoms with van der Waals surface area (Å²) in [6.45, 7) is 0.519. The van der Waals surface area contributed by atoms with Crippen molar-refractivity contribution in [1.29, 1.82) is 0 Å². The highest BCUT2D eigenvalue weighted by atomic mass is 35.5. The van der Waals surface area contributed by atoms with Gasteiger partial charge in [-0.2, -0.15) is 0 Å². The summed E-state index contributed by atoms with van der Waals surface area (Å²) in [6, 6.07) is 7.23. The van der Waals surface area contributed by atoms with Crippen LogP contribution in [-0.2, 0) is 6.42 Å². The zero-order chi connectivity index (χ0) is 13.9. The number of carbonyl (C=O) groups excluding carboxylic acids is 1. The molecule has 0 fully saturated rings. The average Bonchev–Trinajstić information content (AvgIpc) is 3.08. The van der Waals surface area contributed by atoms with Crippen LogP contribution in [0.25, 0.3) is 10.9 Å². The summed E-state index contributed by atoms with van der Waals surface area (Å²) >= 11 is 6.00. The topological polar surface area (TPSA) is 70.9 Å². The van der Waals surface area contributed by atoms with Crippen molar-refractivity contribution in [3.05, 3.63) is 53.0 Å². The Bertz CT molecular complexity index is 734. The molecule has 0 unspecified atom stereocenters. The van der Waals surface area contributed by atoms with E-state index in [0.717, 1.165) is 16.5 Å². The fourth-order valence-electron chi connectivity index (χ4n) is 2.09. The van der Waals surface area contributed by atoms with Gasteiger partial charge in [0.05, 0.1) is 0 Å². The maximum Gasteiger partial charge on any atom is 0.273 e. The van der Waals surface area contributed by atoms with E-state index >= 15 is 0 Å². The molecule has 0 aliphatic carbocycles. The van der Waals surface area contributed by atoms with E-state index in [1.807, 2.05) is 24.4 Å². The number of carbonyl (C=O) groups is 1. The van der Waals surface area contributed by atoms with Crippen LogP contribution < -0.4 is 5.32 Å². The predicted octanol–water partition coefficient (Wildman–Crippen LogP) is 2.78. The molecule has 102 valence electrons. The molecule has 2 aromatic heterocycles. The summed E-state index contributed by atoms with van der Waals surface area (Å²) in [5.74, 6) is -0.239. The number of benzene rings is 1. The molecule has 2 heterocycles. The number of rotatable bonds is 4. The molecule has 3 rings (SSSR count). The van der Waals surface area contributed by atoms with Gasteiger partial charge in [0.15, 0.2) is 5.69 Å². The van der Waals surface area contributed by atoms with Crippen LogP contribution in [0.5, 0.6) is 0 Å². The van der Waals surface area contributed by atoms with E-state index in [1.165, 1.54) is 12.3 Å². The number of nitrogens with one attached hydrogen (secondary N) is 2. The summed E-state index contributed by atoms with van der Waals surface area (Å²) in [5.41, 5.74) is 2.43. The van der Waals surface area contributed by atoms with Crippen molar-refractivity contribution in [2.24, 2.45) is 0 Å². The Morgan fingerprint density at radius 3 is 3.10 bits per heavy atom. The quantitative estimate of drug-likeness (QED) is 0.776. The minimum atomic E-state index is -0.239. The largest absolute Gasteiger partial charge is 0.364 e. The van der Waals surface area contributed by atoms with Gasteiger partial charge in [0, 0.05) is 34.7 Å². The Hall–Kier alpha value is -2.27. The monoisotopic (exact) mass is 289 g/mol. The summed E-state index contributed by atoms with van der Waals surface area (Å²) in [6.07, 6.45) is 4.02. The summed E-state index contributed by atoms with van der Waals surface area (Å²) in [4.78, 5) is 14.9. The lowest BCUT2D eigenvalue weighted by atomic mass is 10.1. The van der Waals surface area contributed by atoms with E-state index < -0.39 is 0 Å². The third-order valence-electron chi connectivity index (χ3n) is 3.08. The van der Waals surface area contributed by atoms with Crippen LogP contribution >= 0.6 is 11.6 Å². The molecule has 0 saturated carbocycles. The molecule has 0 aliphatic heterocycles. The Labute approximate surface area is 119 Å². The van der Waals surface area contributed by atoms with Gasteiger partial charge in [-0.05, 0) is 30.2 Å². The van der Waals surface area contributed by atoms with Gasteiger partial charge in [-0.25, -0.2) is 0 Å². The Morgan fingerprint density at radius 2 is 2.30 bits per heavy atom. The van der Waals surface area contributed by atoms with Crippen LogP contribution in [0.4, 0.5) is 0 Å². The molecule has 0 bridgehead atoms. The van der Waals surface area contributed by atoms with Gasteiger partial charge in [-0.3, -0.25) is 4.79 Å². The van der Waals surface area contributed by atoms with Crippen LogP contribution in [0.2, 0.25) is 5.02 Å². The molecule has 0 saturated heterocycles. The molecule has 3 aromatic rings. The van der Waals surface area contributed by atoms with E-state index in [0.29, 0.717) is 18.0 Å². The first-order chi connectivity index (χ1) is 9.74. The third kappa shape index (κ3) is 2.53. The van der Waals surface area contributed by atoms with E-state index in [4.69, 9.17) is 11.6 Å². The molecule has 1 amide bonds. The normalized spacial score (nSPS) is 10.8. The van der Waals surface area contributed by atoms with Gasteiger partial charge < -0.3 is 14.8 Å². The molecule has 0 atom stereocenters. The van der Waals surface area contributed by atoms with Crippen molar-refractivity contribution < 1.29 is 9.32 Å². The third-order valence-corrected chi connectivity index (χ3v) is 3.31. The van der Waals surface area contributed by atoms with E-state index in [-0.39, 0.29) is 11.6 Å². The molecule has 6 heteroatoms. The zero-order valence-electron chi connectivity index (χ0n) is 10.5. The standard InChI is InChI=1S/C14H12ClN3O2/c15-10-1-2-12-11(7-10)9(8-17-12)3-5-16-14(19)13-4-6-20-18-13/h1-2,4,6-8,17H,3,5H2,(H,16,19). The Kier molecular flexibility index (Phi) is 3.43. The highest BCUT2D eigenvalue weighted by Gasteiger charge is 2.09. The lowest BCUT2D eigenvalue weighted by Crippen LogP contribution is -2.25. The van der Waals surface area contributed by atoms with Gasteiger partial charge in [-0.15, -0.1) is 0 Å². The van der Waals surface area contributed by atoms with Gasteiger partial charge in [-0.1, -0.05) is 16.8 Å². The van der Waals surface area contributed by atoms with E-state index in [9.17, 15) is 4.79 Å². The summed E-state index contributed by atoms with van der Waals surface area (Å²) in [5, 5.41) is 8.15. The highest BCUT2D eigenvalue weighted by Crippen LogP contribution is 2.22. The van der Waals surface area contributed by atoms with Crippen molar-refractivity contribution in [1.82, 2.24) is 15.5 Å². The van der Waals surface area contributed by atoms with Crippen LogP contribution in [-0.4, -0.2) is 22.6 Å². The number of halogens is 1. The fraction of sp³-hybridized carbons (Fsp3) is 0.143. The number of hydrogen-bond acceptors (Lipinski definition) is 3. The molecule has 5 nitrogen and oxygen atoms in total. The first-order valence-electron chi connectivity index (χ1n) is 6.18. The number of amides is 1. The molecular weight excluding hydrogens is 278 g/mol. The Morgan fingerprint density at radius 1 is 1.40 bits per heavy atom. The van der Waals surface area contributed by atoms with Crippen LogP contribution in [0.1, 0.15) is 16.1 Å². The number of nitrogens with zero attached hydrogens (tertiary/aromatic N) is 1. The first kappa shape index (κ1) is 12.7. The van der Waals surface area contributed by atoms with Crippen molar-refractivity contribution in [2.75, 3.05) is 6.54 Å². The molecule has 0 radical (unpaired) electrons. The van der Waals surface area contributed by atoms with Crippen molar-refractivity contribution in [3.8, 4) is 0 Å². The van der Waals surface area contributed by atoms with Crippen molar-refractivity contribution in [2.45, 2.75) is 6.42 Å². The SMILES string of the molecule is O=C(NCCc1c[nH]c2ccc(Cl)cc12)c1ccon1. The number of hydrogen-bond donors (Lipinski definition) is 2. The van der Waals surface area contributed by atoms with E-state index in [1.54, 1.807) is 0 Å². The number of H-pyrrole nitrogens is 1. The van der Waals surface area contributed by atoms with Gasteiger partial charge in [0.25, 0.3) is 5.91 Å². The number of aromatic amines is 1. The Balaban J connectivity index is 1.65. The first-order valence-corrected chi connectivity index (χ1v) is 6.56. The predicted molar refractivity (Wildman–Crippen MR) is 75.8 cm³/mol. The van der Waals surface area contributed by atoms with Crippen LogP contribution in [0.3, 0.4) is 0 Å². The fourth-order valence-corrected chi connectivity index (χ4v) is 2.26. The second-order valence-corrected chi connectivity index (χ2v) is 4.83. The minimum Gasteiger partial charge on any atom is -0.364 e. The second kappa shape index (κ2) is 5.38. The van der Waals surface area contributed by atoms with Gasteiger partial charge in [0.2, 0.25) is 0 Å². The highest BCUT2D eigenvalue weighted by molar-refractivity contribution is 6.31. The molecule has 0 aliphatic rings. The van der Waals surface area contributed by atoms with Crippen LogP contribution in [0.15, 0.2) is 41.2 Å². The minimum absolute atomic E-state index is 0.239. The molecule has 20 heavy (non-hydrogen) atoms. The smallest absolute Gasteiger partial charge is 0.273 e. The molecule has 2 N–H and O–H groups in total. The van der Waals surface area contributed by atoms with Crippen molar-refractivity contribution in [3.63, 3.8) is 0 Å². The summed E-state index contributed by atoms with van der Waals surface area (Å²) < 4.78 is 4.63. The van der Waals surface area contributed by atoms with E-state index in [2.05, 4.69) is 20.0 Å². The molecule has 1 aromatic carbocycles. The number of fused-ring (bicyclic) bond motifs is 1. The van der Waals surface area contributed by atoms with Crippen molar-refractivity contribution >= 4 is 28.4 Å². The van der Waals surface area contributed by atoms with Crippen LogP contribution in [0, 0.1) is 0 Å². The second-order valence-electron chi connectivity index (χ2n) is 4.39.